The van der Waals surface area contributed by atoms with Crippen molar-refractivity contribution in [3.05, 3.63) is 78.4 Å². The van der Waals surface area contributed by atoms with Crippen molar-refractivity contribution in [1.29, 1.82) is 0 Å². The number of nitrogens with one attached hydrogen (secondary N) is 1. The van der Waals surface area contributed by atoms with Crippen LogP contribution in [0.3, 0.4) is 0 Å². The topological polar surface area (TPSA) is 88.2 Å². The van der Waals surface area contributed by atoms with Gasteiger partial charge in [-0.25, -0.2) is 8.42 Å². The van der Waals surface area contributed by atoms with Gasteiger partial charge in [-0.15, -0.1) is 0 Å². The van der Waals surface area contributed by atoms with Crippen molar-refractivity contribution in [2.45, 2.75) is 4.90 Å². The van der Waals surface area contributed by atoms with Crippen molar-refractivity contribution >= 4 is 27.3 Å². The fourth-order valence-corrected chi connectivity index (χ4v) is 5.42. The van der Waals surface area contributed by atoms with E-state index in [1.165, 1.54) is 16.4 Å². The molecule has 170 valence electrons. The Hall–Kier alpha value is -3.56. The number of amides is 1. The van der Waals surface area contributed by atoms with Crippen LogP contribution in [0.1, 0.15) is 10.4 Å². The number of carbonyl (C=O) groups excluding carboxylic acids is 1. The average molecular weight is 466 g/mol. The van der Waals surface area contributed by atoms with Crippen LogP contribution in [0, 0.1) is 0 Å². The van der Waals surface area contributed by atoms with Crippen molar-refractivity contribution in [2.24, 2.45) is 0 Å². The van der Waals surface area contributed by atoms with Crippen molar-refractivity contribution < 1.29 is 22.7 Å². The van der Waals surface area contributed by atoms with Crippen molar-refractivity contribution in [3.63, 3.8) is 0 Å². The highest BCUT2D eigenvalue weighted by Crippen LogP contribution is 2.34. The van der Waals surface area contributed by atoms with Gasteiger partial charge in [0.15, 0.2) is 11.5 Å². The number of fused-ring (bicyclic) bond motifs is 1. The summed E-state index contributed by atoms with van der Waals surface area (Å²) >= 11 is 0. The number of para-hydroxylation sites is 1. The van der Waals surface area contributed by atoms with Crippen LogP contribution in [0.4, 0.5) is 11.4 Å². The molecule has 3 aromatic carbocycles. The number of carbonyl (C=O) groups is 1. The Morgan fingerprint density at radius 1 is 0.818 bits per heavy atom. The van der Waals surface area contributed by atoms with Crippen LogP contribution in [-0.2, 0) is 10.0 Å². The maximum absolute atomic E-state index is 13.2. The zero-order valence-electron chi connectivity index (χ0n) is 17.8. The second-order valence-electron chi connectivity index (χ2n) is 7.78. The number of anilines is 2. The van der Waals surface area contributed by atoms with E-state index in [2.05, 4.69) is 10.2 Å². The predicted octanol–water partition coefficient (Wildman–Crippen LogP) is 3.18. The van der Waals surface area contributed by atoms with Crippen LogP contribution in [0.5, 0.6) is 11.5 Å². The van der Waals surface area contributed by atoms with Gasteiger partial charge in [0, 0.05) is 49.2 Å². The largest absolute Gasteiger partial charge is 0.454 e. The second kappa shape index (κ2) is 8.76. The van der Waals surface area contributed by atoms with E-state index < -0.39 is 15.9 Å². The van der Waals surface area contributed by atoms with Gasteiger partial charge in [-0.2, -0.15) is 4.31 Å². The lowest BCUT2D eigenvalue weighted by atomic mass is 10.2. The van der Waals surface area contributed by atoms with E-state index in [9.17, 15) is 13.2 Å². The van der Waals surface area contributed by atoms with Crippen LogP contribution in [0.25, 0.3) is 0 Å². The molecular weight excluding hydrogens is 442 g/mol. The maximum Gasteiger partial charge on any atom is 0.255 e. The Morgan fingerprint density at radius 3 is 2.36 bits per heavy atom. The van der Waals surface area contributed by atoms with E-state index in [4.69, 9.17) is 9.47 Å². The second-order valence-corrected chi connectivity index (χ2v) is 9.71. The molecule has 3 aromatic rings. The lowest BCUT2D eigenvalue weighted by Gasteiger charge is -2.35. The third-order valence-corrected chi connectivity index (χ3v) is 7.62. The van der Waals surface area contributed by atoms with Gasteiger partial charge in [0.1, 0.15) is 0 Å². The number of hydrogen-bond donors (Lipinski definition) is 1. The summed E-state index contributed by atoms with van der Waals surface area (Å²) in [6.07, 6.45) is 0. The smallest absolute Gasteiger partial charge is 0.255 e. The summed E-state index contributed by atoms with van der Waals surface area (Å²) in [6, 6.07) is 21.2. The highest BCUT2D eigenvalue weighted by molar-refractivity contribution is 7.89. The predicted molar refractivity (Wildman–Crippen MR) is 124 cm³/mol. The first-order chi connectivity index (χ1) is 16.0. The molecule has 1 amide bonds. The van der Waals surface area contributed by atoms with Crippen molar-refractivity contribution in [2.75, 3.05) is 43.2 Å². The van der Waals surface area contributed by atoms with Crippen molar-refractivity contribution in [1.82, 2.24) is 4.31 Å². The Labute approximate surface area is 192 Å². The molecule has 1 N–H and O–H groups in total. The Morgan fingerprint density at radius 2 is 1.58 bits per heavy atom. The molecule has 9 heteroatoms. The molecule has 1 saturated heterocycles. The molecule has 2 heterocycles. The SMILES string of the molecule is O=C(Nc1ccc2c(c1)OCO2)c1cccc(S(=O)(=O)N2CCN(c3ccccc3)CC2)c1. The number of piperazine rings is 1. The number of benzene rings is 3. The van der Waals surface area contributed by atoms with Gasteiger partial charge in [0.2, 0.25) is 16.8 Å². The number of nitrogens with zero attached hydrogens (tertiary/aromatic N) is 2. The summed E-state index contributed by atoms with van der Waals surface area (Å²) in [7, 11) is -3.71. The quantitative estimate of drug-likeness (QED) is 0.623. The summed E-state index contributed by atoms with van der Waals surface area (Å²) in [6.45, 7) is 2.11. The van der Waals surface area contributed by atoms with E-state index in [1.54, 1.807) is 30.3 Å². The van der Waals surface area contributed by atoms with Gasteiger partial charge < -0.3 is 19.7 Å². The lowest BCUT2D eigenvalue weighted by Crippen LogP contribution is -2.48. The molecule has 0 radical (unpaired) electrons. The molecule has 1 fully saturated rings. The summed E-state index contributed by atoms with van der Waals surface area (Å²) in [5, 5.41) is 2.78. The molecular formula is C24H23N3O5S. The van der Waals surface area contributed by atoms with Crippen LogP contribution >= 0.6 is 0 Å². The van der Waals surface area contributed by atoms with E-state index in [-0.39, 0.29) is 17.3 Å². The molecule has 2 aliphatic heterocycles. The van der Waals surface area contributed by atoms with Crippen LogP contribution in [0.15, 0.2) is 77.7 Å². The molecule has 0 saturated carbocycles. The molecule has 5 rings (SSSR count). The number of rotatable bonds is 5. The Kier molecular flexibility index (Phi) is 5.65. The molecule has 0 atom stereocenters. The zero-order valence-corrected chi connectivity index (χ0v) is 18.6. The molecule has 0 bridgehead atoms. The number of hydrogen-bond acceptors (Lipinski definition) is 6. The van der Waals surface area contributed by atoms with Gasteiger partial charge in [0.05, 0.1) is 4.90 Å². The number of ether oxygens (including phenoxy) is 2. The standard InChI is InChI=1S/C24H23N3O5S/c28-24(25-19-9-10-22-23(16-19)32-17-31-22)18-5-4-8-21(15-18)33(29,30)27-13-11-26(12-14-27)20-6-2-1-3-7-20/h1-10,15-16H,11-14,17H2,(H,25,28). The highest BCUT2D eigenvalue weighted by atomic mass is 32.2. The van der Waals surface area contributed by atoms with Gasteiger partial charge >= 0.3 is 0 Å². The van der Waals surface area contributed by atoms with E-state index in [0.717, 1.165) is 5.69 Å². The van der Waals surface area contributed by atoms with Crippen molar-refractivity contribution in [3.8, 4) is 11.5 Å². The maximum atomic E-state index is 13.2. The van der Waals surface area contributed by atoms with Crippen LogP contribution in [-0.4, -0.2) is 51.6 Å². The molecule has 0 spiro atoms. The molecule has 2 aliphatic rings. The minimum absolute atomic E-state index is 0.106. The van der Waals surface area contributed by atoms with Gasteiger partial charge in [-0.3, -0.25) is 4.79 Å². The number of sulfonamides is 1. The van der Waals surface area contributed by atoms with Gasteiger partial charge in [0.25, 0.3) is 5.91 Å². The normalized spacial score (nSPS) is 15.9. The average Bonchev–Trinajstić information content (AvgIpc) is 3.33. The monoisotopic (exact) mass is 465 g/mol. The Balaban J connectivity index is 1.28. The minimum Gasteiger partial charge on any atom is -0.454 e. The van der Waals surface area contributed by atoms with E-state index in [1.807, 2.05) is 30.3 Å². The van der Waals surface area contributed by atoms with E-state index in [0.29, 0.717) is 43.4 Å². The Bertz CT molecular complexity index is 1270. The van der Waals surface area contributed by atoms with E-state index >= 15 is 0 Å². The fourth-order valence-electron chi connectivity index (χ4n) is 3.95. The van der Waals surface area contributed by atoms with Gasteiger partial charge in [-0.1, -0.05) is 24.3 Å². The third-order valence-electron chi connectivity index (χ3n) is 5.72. The summed E-state index contributed by atoms with van der Waals surface area (Å²) in [5.74, 6) is 0.770. The first-order valence-corrected chi connectivity index (χ1v) is 12.1. The van der Waals surface area contributed by atoms with Crippen LogP contribution in [0.2, 0.25) is 0 Å². The highest BCUT2D eigenvalue weighted by Gasteiger charge is 2.29. The fraction of sp³-hybridized carbons (Fsp3) is 0.208. The minimum atomic E-state index is -3.71. The third kappa shape index (κ3) is 4.37. The van der Waals surface area contributed by atoms with Gasteiger partial charge in [-0.05, 0) is 42.5 Å². The molecule has 0 aromatic heterocycles. The zero-order chi connectivity index (χ0) is 22.8. The molecule has 8 nitrogen and oxygen atoms in total. The molecule has 0 unspecified atom stereocenters. The lowest BCUT2D eigenvalue weighted by molar-refractivity contribution is 0.102. The van der Waals surface area contributed by atoms with Crippen LogP contribution < -0.4 is 19.7 Å². The first kappa shape index (κ1) is 21.3. The summed E-state index contributed by atoms with van der Waals surface area (Å²) in [5.41, 5.74) is 1.88. The molecule has 0 aliphatic carbocycles. The summed E-state index contributed by atoms with van der Waals surface area (Å²) in [4.78, 5) is 15.0. The summed E-state index contributed by atoms with van der Waals surface area (Å²) < 4.78 is 38.6. The molecule has 33 heavy (non-hydrogen) atoms. The first-order valence-electron chi connectivity index (χ1n) is 10.6.